The third-order valence-corrected chi connectivity index (χ3v) is 6.98. The predicted molar refractivity (Wildman–Crippen MR) is 115 cm³/mol. The highest BCUT2D eigenvalue weighted by molar-refractivity contribution is 7.89. The summed E-state index contributed by atoms with van der Waals surface area (Å²) in [5.74, 6) is 1.03. The van der Waals surface area contributed by atoms with Gasteiger partial charge in [0.25, 0.3) is 5.91 Å². The fourth-order valence-corrected chi connectivity index (χ4v) is 4.96. The highest BCUT2D eigenvalue weighted by Gasteiger charge is 2.26. The lowest BCUT2D eigenvalue weighted by atomic mass is 10.0. The first-order chi connectivity index (χ1) is 14.4. The van der Waals surface area contributed by atoms with Gasteiger partial charge in [-0.15, -0.1) is 0 Å². The van der Waals surface area contributed by atoms with Gasteiger partial charge in [0.05, 0.1) is 25.0 Å². The number of ether oxygens (including phenoxy) is 2. The van der Waals surface area contributed by atoms with Crippen LogP contribution in [0.5, 0.6) is 11.5 Å². The van der Waals surface area contributed by atoms with Crippen molar-refractivity contribution in [2.45, 2.75) is 26.3 Å². The third-order valence-electron chi connectivity index (χ3n) is 5.08. The summed E-state index contributed by atoms with van der Waals surface area (Å²) in [6.45, 7) is 3.43. The molecule has 3 rings (SSSR count). The average Bonchev–Trinajstić information content (AvgIpc) is 2.76. The minimum Gasteiger partial charge on any atom is -0.497 e. The molecule has 0 unspecified atom stereocenters. The Bertz CT molecular complexity index is 991. The second-order valence-electron chi connectivity index (χ2n) is 7.07. The maximum Gasteiger partial charge on any atom is 0.255 e. The van der Waals surface area contributed by atoms with E-state index in [1.165, 1.54) is 4.31 Å². The molecule has 0 saturated heterocycles. The van der Waals surface area contributed by atoms with Crippen LogP contribution in [-0.2, 0) is 23.0 Å². The Balaban J connectivity index is 1.51. The highest BCUT2D eigenvalue weighted by atomic mass is 32.2. The van der Waals surface area contributed by atoms with Gasteiger partial charge in [-0.05, 0) is 55.2 Å². The maximum atomic E-state index is 12.7. The molecule has 2 aromatic rings. The number of benzene rings is 2. The number of hydrogen-bond acceptors (Lipinski definition) is 5. The zero-order valence-corrected chi connectivity index (χ0v) is 18.2. The van der Waals surface area contributed by atoms with Gasteiger partial charge in [0.2, 0.25) is 10.0 Å². The van der Waals surface area contributed by atoms with Gasteiger partial charge in [0.15, 0.2) is 0 Å². The van der Waals surface area contributed by atoms with Gasteiger partial charge in [-0.1, -0.05) is 18.2 Å². The first kappa shape index (κ1) is 22.1. The smallest absolute Gasteiger partial charge is 0.255 e. The van der Waals surface area contributed by atoms with Crippen LogP contribution in [-0.4, -0.2) is 51.2 Å². The zero-order chi connectivity index (χ0) is 21.6. The zero-order valence-electron chi connectivity index (χ0n) is 17.4. The van der Waals surface area contributed by atoms with E-state index in [0.717, 1.165) is 16.9 Å². The monoisotopic (exact) mass is 432 g/mol. The lowest BCUT2D eigenvalue weighted by molar-refractivity contribution is 0.0950. The molecule has 0 spiro atoms. The van der Waals surface area contributed by atoms with Crippen molar-refractivity contribution < 1.29 is 22.7 Å². The van der Waals surface area contributed by atoms with Crippen LogP contribution in [0.2, 0.25) is 0 Å². The Morgan fingerprint density at radius 3 is 2.73 bits per heavy atom. The molecule has 2 aromatic carbocycles. The second-order valence-corrected chi connectivity index (χ2v) is 9.16. The van der Waals surface area contributed by atoms with Gasteiger partial charge in [-0.3, -0.25) is 4.79 Å². The highest BCUT2D eigenvalue weighted by Crippen LogP contribution is 2.25. The molecule has 0 aromatic heterocycles. The fraction of sp³-hybridized carbons (Fsp3) is 0.409. The summed E-state index contributed by atoms with van der Waals surface area (Å²) in [7, 11) is -1.77. The first-order valence-electron chi connectivity index (χ1n) is 10.1. The van der Waals surface area contributed by atoms with Crippen molar-refractivity contribution in [3.8, 4) is 11.5 Å². The van der Waals surface area contributed by atoms with Crippen molar-refractivity contribution in [1.82, 2.24) is 9.62 Å². The third kappa shape index (κ3) is 5.31. The molecule has 162 valence electrons. The van der Waals surface area contributed by atoms with Gasteiger partial charge in [0, 0.05) is 19.6 Å². The van der Waals surface area contributed by atoms with Gasteiger partial charge in [-0.25, -0.2) is 8.42 Å². The van der Waals surface area contributed by atoms with Crippen LogP contribution in [0.4, 0.5) is 0 Å². The summed E-state index contributed by atoms with van der Waals surface area (Å²) in [6, 6.07) is 12.8. The van der Waals surface area contributed by atoms with Crippen LogP contribution in [0.25, 0.3) is 0 Å². The minimum absolute atomic E-state index is 0.00806. The summed E-state index contributed by atoms with van der Waals surface area (Å²) in [6.07, 6.45) is 1.01. The van der Waals surface area contributed by atoms with Crippen molar-refractivity contribution >= 4 is 15.9 Å². The molecule has 1 aliphatic rings. The molecule has 1 amide bonds. The number of hydrogen-bond donors (Lipinski definition) is 1. The van der Waals surface area contributed by atoms with E-state index < -0.39 is 10.0 Å². The topological polar surface area (TPSA) is 84.9 Å². The molecule has 0 fully saturated rings. The first-order valence-corrected chi connectivity index (χ1v) is 11.7. The van der Waals surface area contributed by atoms with Crippen molar-refractivity contribution in [3.05, 3.63) is 59.2 Å². The van der Waals surface area contributed by atoms with Crippen LogP contribution in [0.1, 0.15) is 34.8 Å². The SMILES string of the molecule is CCOc1ccccc1C(=O)NCCCS(=O)(=O)N1CCc2cc(OC)ccc2C1. The standard InChI is InChI=1S/C22H28N2O5S/c1-3-29-21-8-5-4-7-20(21)22(25)23-12-6-14-30(26,27)24-13-11-17-15-19(28-2)10-9-18(17)16-24/h4-5,7-10,15H,3,6,11-14,16H2,1-2H3,(H,23,25). The van der Waals surface area contributed by atoms with Crippen LogP contribution >= 0.6 is 0 Å². The van der Waals surface area contributed by atoms with E-state index in [2.05, 4.69) is 5.32 Å². The molecule has 8 heteroatoms. The Morgan fingerprint density at radius 2 is 1.97 bits per heavy atom. The Kier molecular flexibility index (Phi) is 7.33. The van der Waals surface area contributed by atoms with Gasteiger partial charge >= 0.3 is 0 Å². The molecule has 0 bridgehead atoms. The summed E-state index contributed by atoms with van der Waals surface area (Å²) in [5, 5.41) is 2.79. The number of nitrogens with one attached hydrogen (secondary N) is 1. The number of carbonyl (C=O) groups is 1. The maximum absolute atomic E-state index is 12.7. The van der Waals surface area contributed by atoms with Crippen LogP contribution < -0.4 is 14.8 Å². The summed E-state index contributed by atoms with van der Waals surface area (Å²) >= 11 is 0. The van der Waals surface area contributed by atoms with Gasteiger partial charge in [0.1, 0.15) is 11.5 Å². The molecule has 0 aliphatic carbocycles. The van der Waals surface area contributed by atoms with Gasteiger partial charge in [-0.2, -0.15) is 4.31 Å². The van der Waals surface area contributed by atoms with E-state index in [1.807, 2.05) is 25.1 Å². The van der Waals surface area contributed by atoms with E-state index in [9.17, 15) is 13.2 Å². The van der Waals surface area contributed by atoms with Crippen LogP contribution in [0.15, 0.2) is 42.5 Å². The van der Waals surface area contributed by atoms with Gasteiger partial charge < -0.3 is 14.8 Å². The molecule has 1 N–H and O–H groups in total. The van der Waals surface area contributed by atoms with E-state index in [1.54, 1.807) is 31.4 Å². The minimum atomic E-state index is -3.39. The molecule has 1 aliphatic heterocycles. The number of fused-ring (bicyclic) bond motifs is 1. The molecule has 0 atom stereocenters. The summed E-state index contributed by atoms with van der Waals surface area (Å²) < 4.78 is 37.7. The Labute approximate surface area is 178 Å². The largest absolute Gasteiger partial charge is 0.497 e. The number of sulfonamides is 1. The lowest BCUT2D eigenvalue weighted by Gasteiger charge is -2.28. The van der Waals surface area contributed by atoms with Crippen molar-refractivity contribution in [2.75, 3.05) is 32.6 Å². The number of para-hydroxylation sites is 1. The molecule has 0 radical (unpaired) electrons. The molecule has 30 heavy (non-hydrogen) atoms. The van der Waals surface area contributed by atoms with E-state index in [-0.39, 0.29) is 18.2 Å². The molecular weight excluding hydrogens is 404 g/mol. The van der Waals surface area contributed by atoms with Crippen molar-refractivity contribution in [3.63, 3.8) is 0 Å². The van der Waals surface area contributed by atoms with Crippen molar-refractivity contribution in [1.29, 1.82) is 0 Å². The van der Waals surface area contributed by atoms with E-state index >= 15 is 0 Å². The van der Waals surface area contributed by atoms with Crippen molar-refractivity contribution in [2.24, 2.45) is 0 Å². The normalized spacial score (nSPS) is 14.1. The predicted octanol–water partition coefficient (Wildman–Crippen LogP) is 2.60. The number of amides is 1. The van der Waals surface area contributed by atoms with E-state index in [0.29, 0.717) is 43.9 Å². The summed E-state index contributed by atoms with van der Waals surface area (Å²) in [4.78, 5) is 12.4. The average molecular weight is 433 g/mol. The fourth-order valence-electron chi connectivity index (χ4n) is 3.48. The Morgan fingerprint density at radius 1 is 1.17 bits per heavy atom. The summed E-state index contributed by atoms with van der Waals surface area (Å²) in [5.41, 5.74) is 2.58. The quantitative estimate of drug-likeness (QED) is 0.616. The van der Waals surface area contributed by atoms with Crippen LogP contribution in [0, 0.1) is 0 Å². The lowest BCUT2D eigenvalue weighted by Crippen LogP contribution is -2.38. The molecular formula is C22H28N2O5S. The molecule has 0 saturated carbocycles. The Hall–Kier alpha value is -2.58. The number of rotatable bonds is 9. The van der Waals surface area contributed by atoms with E-state index in [4.69, 9.17) is 9.47 Å². The molecule has 1 heterocycles. The number of carbonyl (C=O) groups excluding carboxylic acids is 1. The molecule has 7 nitrogen and oxygen atoms in total. The van der Waals surface area contributed by atoms with Crippen LogP contribution in [0.3, 0.4) is 0 Å². The number of nitrogens with zero attached hydrogens (tertiary/aromatic N) is 1. The second kappa shape index (κ2) is 9.95. The number of methoxy groups -OCH3 is 1.